The molecule has 2 aromatic rings. The molecule has 0 aliphatic carbocycles. The van der Waals surface area contributed by atoms with Gasteiger partial charge in [-0.3, -0.25) is 14.9 Å². The van der Waals surface area contributed by atoms with E-state index in [1.807, 2.05) is 14.0 Å². The third-order valence-corrected chi connectivity index (χ3v) is 4.11. The van der Waals surface area contributed by atoms with Gasteiger partial charge in [0.25, 0.3) is 11.6 Å². The highest BCUT2D eigenvalue weighted by Crippen LogP contribution is 2.21. The smallest absolute Gasteiger partial charge is 0.279 e. The summed E-state index contributed by atoms with van der Waals surface area (Å²) in [4.78, 5) is 23.7. The molecular formula is C19H24N3O3+. The molecule has 0 bridgehead atoms. The number of anilines is 1. The van der Waals surface area contributed by atoms with Crippen molar-refractivity contribution < 1.29 is 14.6 Å². The summed E-state index contributed by atoms with van der Waals surface area (Å²) in [5.41, 5.74) is 3.72. The molecule has 1 amide bonds. The van der Waals surface area contributed by atoms with Crippen LogP contribution in [0.3, 0.4) is 0 Å². The maximum Gasteiger partial charge on any atom is 0.279 e. The third kappa shape index (κ3) is 5.39. The van der Waals surface area contributed by atoms with Gasteiger partial charge in [-0.2, -0.15) is 0 Å². The first-order valence-electron chi connectivity index (χ1n) is 8.33. The molecule has 2 aromatic carbocycles. The predicted octanol–water partition coefficient (Wildman–Crippen LogP) is 2.12. The van der Waals surface area contributed by atoms with Crippen LogP contribution in [-0.4, -0.2) is 24.4 Å². The lowest BCUT2D eigenvalue weighted by atomic mass is 10.1. The van der Waals surface area contributed by atoms with E-state index in [9.17, 15) is 14.9 Å². The van der Waals surface area contributed by atoms with Crippen LogP contribution in [0.4, 0.5) is 11.4 Å². The Labute approximate surface area is 147 Å². The molecular weight excluding hydrogens is 318 g/mol. The molecule has 1 atom stereocenters. The van der Waals surface area contributed by atoms with E-state index in [1.165, 1.54) is 23.3 Å². The summed E-state index contributed by atoms with van der Waals surface area (Å²) < 4.78 is 0. The van der Waals surface area contributed by atoms with Gasteiger partial charge in [0.1, 0.15) is 6.54 Å². The average molecular weight is 342 g/mol. The number of rotatable bonds is 7. The van der Waals surface area contributed by atoms with E-state index in [0.29, 0.717) is 5.69 Å². The summed E-state index contributed by atoms with van der Waals surface area (Å²) in [6.45, 7) is 4.96. The third-order valence-electron chi connectivity index (χ3n) is 4.11. The lowest BCUT2D eigenvalue weighted by Crippen LogP contribution is -3.08. The molecule has 0 fully saturated rings. The maximum absolute atomic E-state index is 12.2. The van der Waals surface area contributed by atoms with Crippen molar-refractivity contribution in [3.8, 4) is 0 Å². The van der Waals surface area contributed by atoms with Gasteiger partial charge < -0.3 is 10.2 Å². The number of benzene rings is 2. The molecule has 25 heavy (non-hydrogen) atoms. The van der Waals surface area contributed by atoms with Crippen LogP contribution >= 0.6 is 0 Å². The fourth-order valence-electron chi connectivity index (χ4n) is 2.63. The van der Waals surface area contributed by atoms with Crippen LogP contribution in [0.1, 0.15) is 23.6 Å². The van der Waals surface area contributed by atoms with E-state index in [1.54, 1.807) is 6.07 Å². The molecule has 0 heterocycles. The first-order valence-corrected chi connectivity index (χ1v) is 8.33. The van der Waals surface area contributed by atoms with Gasteiger partial charge in [0.2, 0.25) is 0 Å². The Morgan fingerprint density at radius 2 is 1.80 bits per heavy atom. The van der Waals surface area contributed by atoms with Crippen molar-refractivity contribution in [3.05, 3.63) is 69.3 Å². The summed E-state index contributed by atoms with van der Waals surface area (Å²) in [5.74, 6) is -0.161. The quantitative estimate of drug-likeness (QED) is 0.598. The number of quaternary nitrogens is 1. The topological polar surface area (TPSA) is 76.7 Å². The summed E-state index contributed by atoms with van der Waals surface area (Å²) in [6, 6.07) is 12.9. The van der Waals surface area contributed by atoms with Gasteiger partial charge in [-0.05, 0) is 24.5 Å². The number of carbonyl (C=O) groups is 1. The second-order valence-electron chi connectivity index (χ2n) is 6.29. The van der Waals surface area contributed by atoms with Gasteiger partial charge in [-0.25, -0.2) is 0 Å². The molecule has 0 spiro atoms. The van der Waals surface area contributed by atoms with Crippen molar-refractivity contribution in [3.63, 3.8) is 0 Å². The molecule has 1 unspecified atom stereocenters. The van der Waals surface area contributed by atoms with Crippen LogP contribution in [-0.2, 0) is 17.8 Å². The van der Waals surface area contributed by atoms with Crippen molar-refractivity contribution in [2.45, 2.75) is 26.8 Å². The molecule has 6 heteroatoms. The summed E-state index contributed by atoms with van der Waals surface area (Å²) in [7, 11) is 1.95. The van der Waals surface area contributed by atoms with E-state index < -0.39 is 4.92 Å². The molecule has 0 aliphatic rings. The molecule has 0 saturated carbocycles. The zero-order valence-corrected chi connectivity index (χ0v) is 14.8. The van der Waals surface area contributed by atoms with Crippen LogP contribution in [0.15, 0.2) is 42.5 Å². The van der Waals surface area contributed by atoms with Crippen molar-refractivity contribution >= 4 is 17.3 Å². The molecule has 0 saturated heterocycles. The van der Waals surface area contributed by atoms with Gasteiger partial charge in [-0.15, -0.1) is 0 Å². The number of aryl methyl sites for hydroxylation is 2. The Balaban J connectivity index is 1.95. The first kappa shape index (κ1) is 18.6. The minimum atomic E-state index is -0.466. The zero-order chi connectivity index (χ0) is 18.4. The number of nitro benzene ring substituents is 1. The number of non-ortho nitro benzene ring substituents is 1. The predicted molar refractivity (Wildman–Crippen MR) is 97.7 cm³/mol. The fourth-order valence-corrected chi connectivity index (χ4v) is 2.63. The maximum atomic E-state index is 12.2. The number of carbonyl (C=O) groups excluding carboxylic acids is 1. The lowest BCUT2D eigenvalue weighted by Gasteiger charge is -2.15. The van der Waals surface area contributed by atoms with E-state index >= 15 is 0 Å². The number of nitrogens with zero attached hydrogens (tertiary/aromatic N) is 1. The molecule has 0 aliphatic heterocycles. The van der Waals surface area contributed by atoms with Crippen LogP contribution in [0.2, 0.25) is 0 Å². The largest absolute Gasteiger partial charge is 0.326 e. The molecule has 0 aromatic heterocycles. The van der Waals surface area contributed by atoms with Gasteiger partial charge >= 0.3 is 0 Å². The second kappa shape index (κ2) is 8.39. The Hall–Kier alpha value is -2.73. The minimum Gasteiger partial charge on any atom is -0.326 e. The van der Waals surface area contributed by atoms with Gasteiger partial charge in [0, 0.05) is 17.7 Å². The van der Waals surface area contributed by atoms with Gasteiger partial charge in [0.05, 0.1) is 17.7 Å². The highest BCUT2D eigenvalue weighted by Gasteiger charge is 2.14. The molecule has 2 rings (SSSR count). The van der Waals surface area contributed by atoms with Crippen LogP contribution < -0.4 is 10.2 Å². The summed E-state index contributed by atoms with van der Waals surface area (Å²) in [6.07, 6.45) is 1.01. The number of hydrogen-bond donors (Lipinski definition) is 2. The molecule has 132 valence electrons. The van der Waals surface area contributed by atoms with Crippen molar-refractivity contribution in [1.82, 2.24) is 0 Å². The lowest BCUT2D eigenvalue weighted by molar-refractivity contribution is -0.885. The standard InChI is InChI=1S/C19H23N3O3/c1-4-15-6-8-16(9-7-15)12-21(3)13-19(23)20-18-11-17(22(24)25)10-5-14(18)2/h5-11H,4,12-13H2,1-3H3,(H,20,23)/p+1. The van der Waals surface area contributed by atoms with Gasteiger partial charge in [-0.1, -0.05) is 37.3 Å². The van der Waals surface area contributed by atoms with Crippen molar-refractivity contribution in [1.29, 1.82) is 0 Å². The van der Waals surface area contributed by atoms with E-state index in [4.69, 9.17) is 0 Å². The number of nitrogens with one attached hydrogen (secondary N) is 2. The van der Waals surface area contributed by atoms with Gasteiger partial charge in [0.15, 0.2) is 6.54 Å². The number of nitro groups is 1. The van der Waals surface area contributed by atoms with Crippen molar-refractivity contribution in [2.24, 2.45) is 0 Å². The second-order valence-corrected chi connectivity index (χ2v) is 6.29. The first-order chi connectivity index (χ1) is 11.9. The Bertz CT molecular complexity index is 757. The van der Waals surface area contributed by atoms with E-state index in [2.05, 4.69) is 36.5 Å². The summed E-state index contributed by atoms with van der Waals surface area (Å²) >= 11 is 0. The van der Waals surface area contributed by atoms with E-state index in [0.717, 1.165) is 23.4 Å². The molecule has 6 nitrogen and oxygen atoms in total. The van der Waals surface area contributed by atoms with Crippen molar-refractivity contribution in [2.75, 3.05) is 18.9 Å². The van der Waals surface area contributed by atoms with Crippen LogP contribution in [0, 0.1) is 17.0 Å². The average Bonchev–Trinajstić information content (AvgIpc) is 2.57. The summed E-state index contributed by atoms with van der Waals surface area (Å²) in [5, 5.41) is 13.6. The Morgan fingerprint density at radius 3 is 2.40 bits per heavy atom. The highest BCUT2D eigenvalue weighted by atomic mass is 16.6. The molecule has 0 radical (unpaired) electrons. The highest BCUT2D eigenvalue weighted by molar-refractivity contribution is 5.92. The molecule has 2 N–H and O–H groups in total. The van der Waals surface area contributed by atoms with Crippen LogP contribution in [0.25, 0.3) is 0 Å². The zero-order valence-electron chi connectivity index (χ0n) is 14.8. The Morgan fingerprint density at radius 1 is 1.16 bits per heavy atom. The van der Waals surface area contributed by atoms with E-state index in [-0.39, 0.29) is 18.1 Å². The number of amides is 1. The monoisotopic (exact) mass is 342 g/mol. The SMILES string of the molecule is CCc1ccc(C[NH+](C)CC(=O)Nc2cc([N+](=O)[O-])ccc2C)cc1. The fraction of sp³-hybridized carbons (Fsp3) is 0.316. The normalized spacial score (nSPS) is 11.8. The number of likely N-dealkylation sites (N-methyl/N-ethyl adjacent to an activating group) is 1. The number of hydrogen-bond acceptors (Lipinski definition) is 3. The van der Waals surface area contributed by atoms with Crippen LogP contribution in [0.5, 0.6) is 0 Å². The minimum absolute atomic E-state index is 0.0300. The Kier molecular flexibility index (Phi) is 6.25.